The Balaban J connectivity index is 2.29. The molecule has 0 aliphatic heterocycles. The molecule has 0 atom stereocenters. The Bertz CT molecular complexity index is 556. The van der Waals surface area contributed by atoms with E-state index in [1.54, 1.807) is 13.1 Å². The highest BCUT2D eigenvalue weighted by atomic mass is 79.9. The number of nitrogens with one attached hydrogen (secondary N) is 1. The van der Waals surface area contributed by atoms with Gasteiger partial charge in [0.25, 0.3) is 0 Å². The van der Waals surface area contributed by atoms with Crippen LogP contribution >= 0.6 is 15.9 Å². The van der Waals surface area contributed by atoms with Crippen molar-refractivity contribution in [1.29, 1.82) is 0 Å². The van der Waals surface area contributed by atoms with Crippen molar-refractivity contribution in [2.24, 2.45) is 0 Å². The molecule has 19 heavy (non-hydrogen) atoms. The summed E-state index contributed by atoms with van der Waals surface area (Å²) in [7, 11) is 0.142. The fourth-order valence-electron chi connectivity index (χ4n) is 2.17. The van der Waals surface area contributed by atoms with Gasteiger partial charge in [-0.2, -0.15) is 4.31 Å². The summed E-state index contributed by atoms with van der Waals surface area (Å²) in [6.07, 6.45) is 3.04. The molecule has 0 spiro atoms. The highest BCUT2D eigenvalue weighted by Gasteiger charge is 2.32. The molecular formula is C13H19BrN2O2S. The smallest absolute Gasteiger partial charge is 0.244 e. The van der Waals surface area contributed by atoms with Gasteiger partial charge in [0.15, 0.2) is 0 Å². The summed E-state index contributed by atoms with van der Waals surface area (Å²) >= 11 is 3.38. The molecule has 0 saturated heterocycles. The number of halogens is 1. The van der Waals surface area contributed by atoms with Crippen molar-refractivity contribution in [2.45, 2.75) is 36.7 Å². The lowest BCUT2D eigenvalue weighted by Gasteiger charge is -2.34. The zero-order valence-electron chi connectivity index (χ0n) is 11.2. The molecule has 0 heterocycles. The van der Waals surface area contributed by atoms with Crippen molar-refractivity contribution in [3.05, 3.63) is 28.2 Å². The molecule has 0 bridgehead atoms. The maximum atomic E-state index is 12.5. The van der Waals surface area contributed by atoms with Gasteiger partial charge in [-0.15, -0.1) is 0 Å². The lowest BCUT2D eigenvalue weighted by atomic mass is 9.94. The van der Waals surface area contributed by atoms with E-state index in [2.05, 4.69) is 21.2 Å². The first-order valence-electron chi connectivity index (χ1n) is 6.38. The van der Waals surface area contributed by atoms with Crippen LogP contribution < -0.4 is 5.32 Å². The van der Waals surface area contributed by atoms with Gasteiger partial charge in [0, 0.05) is 24.1 Å². The number of benzene rings is 1. The van der Waals surface area contributed by atoms with E-state index in [0.29, 0.717) is 9.37 Å². The number of rotatable bonds is 5. The fraction of sp³-hybridized carbons (Fsp3) is 0.538. The third kappa shape index (κ3) is 3.02. The number of hydrogen-bond donors (Lipinski definition) is 1. The molecule has 0 radical (unpaired) electrons. The molecule has 0 aromatic heterocycles. The second kappa shape index (κ2) is 5.91. The van der Waals surface area contributed by atoms with Crippen LogP contribution in [0.3, 0.4) is 0 Å². The van der Waals surface area contributed by atoms with Crippen LogP contribution in [0.15, 0.2) is 27.6 Å². The van der Waals surface area contributed by atoms with Crippen LogP contribution in [0.1, 0.15) is 24.8 Å². The van der Waals surface area contributed by atoms with E-state index < -0.39 is 10.0 Å². The first-order chi connectivity index (χ1) is 8.96. The molecule has 1 aliphatic rings. The highest BCUT2D eigenvalue weighted by molar-refractivity contribution is 9.10. The van der Waals surface area contributed by atoms with Crippen LogP contribution in [0.2, 0.25) is 0 Å². The minimum Gasteiger partial charge on any atom is -0.316 e. The number of sulfonamides is 1. The van der Waals surface area contributed by atoms with Crippen molar-refractivity contribution < 1.29 is 8.42 Å². The summed E-state index contributed by atoms with van der Waals surface area (Å²) in [4.78, 5) is 0.349. The highest BCUT2D eigenvalue weighted by Crippen LogP contribution is 2.31. The van der Waals surface area contributed by atoms with Gasteiger partial charge in [-0.25, -0.2) is 8.42 Å². The monoisotopic (exact) mass is 346 g/mol. The lowest BCUT2D eigenvalue weighted by molar-refractivity contribution is 0.249. The fourth-order valence-corrected chi connectivity index (χ4v) is 4.67. The van der Waals surface area contributed by atoms with Gasteiger partial charge >= 0.3 is 0 Å². The molecule has 1 saturated carbocycles. The molecule has 1 aromatic rings. The SMILES string of the molecule is CNCc1ccc(S(=O)(=O)N(C)C2CCC2)c(Br)c1. The Kier molecular flexibility index (Phi) is 4.66. The van der Waals surface area contributed by atoms with Crippen LogP contribution in [0.4, 0.5) is 0 Å². The Morgan fingerprint density at radius 1 is 1.42 bits per heavy atom. The Morgan fingerprint density at radius 3 is 2.58 bits per heavy atom. The Labute approximate surface area is 123 Å². The summed E-state index contributed by atoms with van der Waals surface area (Å²) in [6, 6.07) is 5.55. The molecule has 0 unspecified atom stereocenters. The second-order valence-corrected chi connectivity index (χ2v) is 7.72. The predicted octanol–water partition coefficient (Wildman–Crippen LogP) is 2.34. The summed E-state index contributed by atoms with van der Waals surface area (Å²) in [5.74, 6) is 0. The minimum atomic E-state index is -3.40. The summed E-state index contributed by atoms with van der Waals surface area (Å²) in [6.45, 7) is 0.720. The molecule has 6 heteroatoms. The molecule has 1 fully saturated rings. The van der Waals surface area contributed by atoms with Gasteiger partial charge in [0.05, 0.1) is 4.90 Å². The van der Waals surface area contributed by atoms with E-state index in [-0.39, 0.29) is 6.04 Å². The molecule has 1 aromatic carbocycles. The molecule has 0 amide bonds. The van der Waals surface area contributed by atoms with E-state index >= 15 is 0 Å². The first kappa shape index (κ1) is 15.0. The van der Waals surface area contributed by atoms with E-state index in [1.807, 2.05) is 19.2 Å². The molecule has 1 aliphatic carbocycles. The zero-order chi connectivity index (χ0) is 14.0. The van der Waals surface area contributed by atoms with Crippen LogP contribution in [-0.4, -0.2) is 32.9 Å². The third-order valence-corrected chi connectivity index (χ3v) is 6.51. The molecule has 4 nitrogen and oxygen atoms in total. The topological polar surface area (TPSA) is 49.4 Å². The normalized spacial score (nSPS) is 16.6. The maximum absolute atomic E-state index is 12.5. The zero-order valence-corrected chi connectivity index (χ0v) is 13.6. The van der Waals surface area contributed by atoms with Crippen molar-refractivity contribution in [3.8, 4) is 0 Å². The largest absolute Gasteiger partial charge is 0.316 e. The van der Waals surface area contributed by atoms with Crippen molar-refractivity contribution in [2.75, 3.05) is 14.1 Å². The van der Waals surface area contributed by atoms with Crippen LogP contribution in [-0.2, 0) is 16.6 Å². The quantitative estimate of drug-likeness (QED) is 0.890. The minimum absolute atomic E-state index is 0.161. The van der Waals surface area contributed by atoms with Gasteiger partial charge < -0.3 is 5.32 Å². The average molecular weight is 347 g/mol. The lowest BCUT2D eigenvalue weighted by Crippen LogP contribution is -2.41. The van der Waals surface area contributed by atoms with Gasteiger partial charge in [0.2, 0.25) is 10.0 Å². The molecule has 1 N–H and O–H groups in total. The van der Waals surface area contributed by atoms with Crippen LogP contribution in [0, 0.1) is 0 Å². The molecule has 106 valence electrons. The van der Waals surface area contributed by atoms with Crippen molar-refractivity contribution >= 4 is 26.0 Å². The average Bonchev–Trinajstić information content (AvgIpc) is 2.26. The molecular weight excluding hydrogens is 328 g/mol. The standard InChI is InChI=1S/C13H19BrN2O2S/c1-15-9-10-6-7-13(12(14)8-10)19(17,18)16(2)11-4-3-5-11/h6-8,11,15H,3-5,9H2,1-2H3. The molecule has 2 rings (SSSR count). The second-order valence-electron chi connectivity index (χ2n) is 4.90. The van der Waals surface area contributed by atoms with E-state index in [4.69, 9.17) is 0 Å². The Morgan fingerprint density at radius 2 is 2.11 bits per heavy atom. The van der Waals surface area contributed by atoms with Gasteiger partial charge in [0.1, 0.15) is 0 Å². The van der Waals surface area contributed by atoms with Gasteiger partial charge in [-0.1, -0.05) is 12.5 Å². The van der Waals surface area contributed by atoms with E-state index in [0.717, 1.165) is 31.4 Å². The van der Waals surface area contributed by atoms with Crippen molar-refractivity contribution in [3.63, 3.8) is 0 Å². The summed E-state index contributed by atoms with van der Waals surface area (Å²) in [5.41, 5.74) is 1.06. The predicted molar refractivity (Wildman–Crippen MR) is 79.5 cm³/mol. The van der Waals surface area contributed by atoms with Crippen molar-refractivity contribution in [1.82, 2.24) is 9.62 Å². The van der Waals surface area contributed by atoms with E-state index in [9.17, 15) is 8.42 Å². The van der Waals surface area contributed by atoms with Crippen LogP contribution in [0.25, 0.3) is 0 Å². The Hall–Kier alpha value is -0.430. The van der Waals surface area contributed by atoms with Gasteiger partial charge in [-0.3, -0.25) is 0 Å². The maximum Gasteiger partial charge on any atom is 0.244 e. The number of nitrogens with zero attached hydrogens (tertiary/aromatic N) is 1. The van der Waals surface area contributed by atoms with Gasteiger partial charge in [-0.05, 0) is 53.5 Å². The third-order valence-electron chi connectivity index (χ3n) is 3.62. The first-order valence-corrected chi connectivity index (χ1v) is 8.61. The van der Waals surface area contributed by atoms with E-state index in [1.165, 1.54) is 4.31 Å². The summed E-state index contributed by atoms with van der Waals surface area (Å²) < 4.78 is 27.2. The van der Waals surface area contributed by atoms with Crippen LogP contribution in [0.5, 0.6) is 0 Å². The summed E-state index contributed by atoms with van der Waals surface area (Å²) in [5, 5.41) is 3.05. The number of hydrogen-bond acceptors (Lipinski definition) is 3.